The van der Waals surface area contributed by atoms with E-state index in [1.807, 2.05) is 12.1 Å². The summed E-state index contributed by atoms with van der Waals surface area (Å²) < 4.78 is 0. The largest absolute Gasteiger partial charge is 0.220 e. The lowest BCUT2D eigenvalue weighted by Crippen LogP contribution is -1.99. The molecule has 0 bridgehead atoms. The standard InChI is InChI=1S/C14H13Cl3N2S/c1-8(2)20-7-11-18-13(16)12(14(17)19-11)9-3-5-10(15)6-4-9/h3-6,8H,7H2,1-2H3. The Morgan fingerprint density at radius 3 is 2.05 bits per heavy atom. The zero-order valence-corrected chi connectivity index (χ0v) is 14.1. The molecule has 6 heteroatoms. The Labute approximate surface area is 137 Å². The third-order valence-electron chi connectivity index (χ3n) is 2.55. The van der Waals surface area contributed by atoms with Crippen molar-refractivity contribution in [2.75, 3.05) is 0 Å². The van der Waals surface area contributed by atoms with Gasteiger partial charge in [-0.3, -0.25) is 0 Å². The lowest BCUT2D eigenvalue weighted by Gasteiger charge is -2.09. The fourth-order valence-corrected chi connectivity index (χ4v) is 2.99. The lowest BCUT2D eigenvalue weighted by molar-refractivity contribution is 1.02. The first-order valence-corrected chi connectivity index (χ1v) is 8.25. The van der Waals surface area contributed by atoms with Gasteiger partial charge in [0.05, 0.1) is 11.3 Å². The highest BCUT2D eigenvalue weighted by molar-refractivity contribution is 7.99. The van der Waals surface area contributed by atoms with Crippen LogP contribution in [0.25, 0.3) is 11.1 Å². The minimum absolute atomic E-state index is 0.367. The van der Waals surface area contributed by atoms with E-state index in [-0.39, 0.29) is 0 Å². The van der Waals surface area contributed by atoms with Gasteiger partial charge in [0, 0.05) is 5.02 Å². The molecule has 0 unspecified atom stereocenters. The van der Waals surface area contributed by atoms with Crippen molar-refractivity contribution in [1.29, 1.82) is 0 Å². The Morgan fingerprint density at radius 2 is 1.55 bits per heavy atom. The highest BCUT2D eigenvalue weighted by Gasteiger charge is 2.14. The molecule has 1 aromatic carbocycles. The van der Waals surface area contributed by atoms with Crippen molar-refractivity contribution < 1.29 is 0 Å². The van der Waals surface area contributed by atoms with Crippen LogP contribution >= 0.6 is 46.6 Å². The number of hydrogen-bond donors (Lipinski definition) is 0. The Balaban J connectivity index is 2.33. The van der Waals surface area contributed by atoms with Crippen LogP contribution in [0.4, 0.5) is 0 Å². The first kappa shape index (κ1) is 15.9. The predicted octanol–water partition coefficient (Wildman–Crippen LogP) is 5.75. The van der Waals surface area contributed by atoms with Gasteiger partial charge in [-0.25, -0.2) is 9.97 Å². The van der Waals surface area contributed by atoms with Crippen molar-refractivity contribution in [2.45, 2.75) is 24.9 Å². The van der Waals surface area contributed by atoms with Gasteiger partial charge in [-0.15, -0.1) is 0 Å². The van der Waals surface area contributed by atoms with Gasteiger partial charge in [0.15, 0.2) is 0 Å². The molecule has 0 spiro atoms. The monoisotopic (exact) mass is 346 g/mol. The Morgan fingerprint density at radius 1 is 1.00 bits per heavy atom. The summed E-state index contributed by atoms with van der Waals surface area (Å²) in [7, 11) is 0. The maximum atomic E-state index is 6.25. The Kier molecular flexibility index (Phi) is 5.56. The molecule has 1 heterocycles. The minimum atomic E-state index is 0.367. The summed E-state index contributed by atoms with van der Waals surface area (Å²) in [6.07, 6.45) is 0. The molecule has 0 amide bonds. The zero-order chi connectivity index (χ0) is 14.7. The van der Waals surface area contributed by atoms with Crippen LogP contribution in [0.2, 0.25) is 15.3 Å². The van der Waals surface area contributed by atoms with E-state index in [9.17, 15) is 0 Å². The van der Waals surface area contributed by atoms with Crippen LogP contribution in [-0.2, 0) is 5.75 Å². The van der Waals surface area contributed by atoms with E-state index in [4.69, 9.17) is 34.8 Å². The van der Waals surface area contributed by atoms with Crippen LogP contribution in [-0.4, -0.2) is 15.2 Å². The van der Waals surface area contributed by atoms with Crippen LogP contribution in [0.15, 0.2) is 24.3 Å². The van der Waals surface area contributed by atoms with Crippen LogP contribution in [0.3, 0.4) is 0 Å². The first-order valence-electron chi connectivity index (χ1n) is 6.07. The maximum absolute atomic E-state index is 6.25. The third kappa shape index (κ3) is 4.01. The first-order chi connectivity index (χ1) is 9.47. The van der Waals surface area contributed by atoms with E-state index >= 15 is 0 Å². The number of halogens is 3. The predicted molar refractivity (Wildman–Crippen MR) is 88.9 cm³/mol. The second kappa shape index (κ2) is 6.99. The molecular weight excluding hydrogens is 335 g/mol. The minimum Gasteiger partial charge on any atom is -0.220 e. The molecule has 2 aromatic rings. The second-order valence-corrected chi connectivity index (χ2v) is 7.18. The highest BCUT2D eigenvalue weighted by Crippen LogP contribution is 2.33. The van der Waals surface area contributed by atoms with E-state index in [0.29, 0.717) is 37.7 Å². The molecule has 2 rings (SSSR count). The van der Waals surface area contributed by atoms with E-state index < -0.39 is 0 Å². The quantitative estimate of drug-likeness (QED) is 0.659. The normalized spacial score (nSPS) is 11.1. The van der Waals surface area contributed by atoms with E-state index in [1.165, 1.54) is 0 Å². The van der Waals surface area contributed by atoms with Crippen LogP contribution in [0, 0.1) is 0 Å². The molecule has 0 aliphatic heterocycles. The highest BCUT2D eigenvalue weighted by atomic mass is 35.5. The molecule has 0 aliphatic carbocycles. The molecule has 0 radical (unpaired) electrons. The summed E-state index contributed by atoms with van der Waals surface area (Å²) in [5.74, 6) is 1.34. The molecular formula is C14H13Cl3N2S. The average molecular weight is 348 g/mol. The van der Waals surface area contributed by atoms with E-state index in [1.54, 1.807) is 23.9 Å². The van der Waals surface area contributed by atoms with Crippen LogP contribution in [0.5, 0.6) is 0 Å². The van der Waals surface area contributed by atoms with Crippen molar-refractivity contribution in [3.8, 4) is 11.1 Å². The molecule has 0 N–H and O–H groups in total. The number of hydrogen-bond acceptors (Lipinski definition) is 3. The number of rotatable bonds is 4. The zero-order valence-electron chi connectivity index (χ0n) is 11.0. The third-order valence-corrected chi connectivity index (χ3v) is 4.44. The molecule has 20 heavy (non-hydrogen) atoms. The molecule has 0 atom stereocenters. The Hall–Kier alpha value is -0.480. The van der Waals surface area contributed by atoms with Crippen molar-refractivity contribution >= 4 is 46.6 Å². The second-order valence-electron chi connectivity index (χ2n) is 4.46. The molecule has 0 aliphatic rings. The summed E-state index contributed by atoms with van der Waals surface area (Å²) in [4.78, 5) is 8.64. The van der Waals surface area contributed by atoms with Crippen LogP contribution in [0.1, 0.15) is 19.7 Å². The van der Waals surface area contributed by atoms with E-state index in [0.717, 1.165) is 5.56 Å². The molecule has 106 valence electrons. The van der Waals surface area contributed by atoms with Gasteiger partial charge in [0.25, 0.3) is 0 Å². The van der Waals surface area contributed by atoms with Crippen molar-refractivity contribution in [3.63, 3.8) is 0 Å². The van der Waals surface area contributed by atoms with Crippen LogP contribution < -0.4 is 0 Å². The summed E-state index contributed by atoms with van der Waals surface area (Å²) in [5.41, 5.74) is 1.50. The van der Waals surface area contributed by atoms with Gasteiger partial charge >= 0.3 is 0 Å². The fraction of sp³-hybridized carbons (Fsp3) is 0.286. The summed E-state index contributed by atoms with van der Waals surface area (Å²) >= 11 is 20.1. The fourth-order valence-electron chi connectivity index (χ4n) is 1.61. The van der Waals surface area contributed by atoms with Gasteiger partial charge in [-0.05, 0) is 22.9 Å². The maximum Gasteiger partial charge on any atom is 0.142 e. The van der Waals surface area contributed by atoms with Crippen molar-refractivity contribution in [2.24, 2.45) is 0 Å². The Bertz CT molecular complexity index is 577. The molecule has 0 saturated carbocycles. The number of thioether (sulfide) groups is 1. The summed E-state index contributed by atoms with van der Waals surface area (Å²) in [6.45, 7) is 4.24. The molecule has 1 aromatic heterocycles. The topological polar surface area (TPSA) is 25.8 Å². The molecule has 0 fully saturated rings. The molecule has 0 saturated heterocycles. The van der Waals surface area contributed by atoms with E-state index in [2.05, 4.69) is 23.8 Å². The van der Waals surface area contributed by atoms with Gasteiger partial charge in [0.2, 0.25) is 0 Å². The van der Waals surface area contributed by atoms with Gasteiger partial charge in [-0.1, -0.05) is 60.8 Å². The van der Waals surface area contributed by atoms with Crippen molar-refractivity contribution in [1.82, 2.24) is 9.97 Å². The smallest absolute Gasteiger partial charge is 0.142 e. The van der Waals surface area contributed by atoms with Crippen molar-refractivity contribution in [3.05, 3.63) is 45.4 Å². The lowest BCUT2D eigenvalue weighted by atomic mass is 10.1. The SMILES string of the molecule is CC(C)SCc1nc(Cl)c(-c2ccc(Cl)cc2)c(Cl)n1. The average Bonchev–Trinajstić information content (AvgIpc) is 2.38. The van der Waals surface area contributed by atoms with Gasteiger partial charge in [0.1, 0.15) is 16.1 Å². The van der Waals surface area contributed by atoms with Gasteiger partial charge < -0.3 is 0 Å². The van der Waals surface area contributed by atoms with Gasteiger partial charge in [-0.2, -0.15) is 11.8 Å². The number of aromatic nitrogens is 2. The number of benzene rings is 1. The summed E-state index contributed by atoms with van der Waals surface area (Å²) in [5, 5.41) is 1.90. The molecule has 2 nitrogen and oxygen atoms in total. The summed E-state index contributed by atoms with van der Waals surface area (Å²) in [6, 6.07) is 7.26. The number of nitrogens with zero attached hydrogens (tertiary/aromatic N) is 2.